The van der Waals surface area contributed by atoms with Gasteiger partial charge in [-0.2, -0.15) is 0 Å². The fourth-order valence-electron chi connectivity index (χ4n) is 2.55. The Morgan fingerprint density at radius 2 is 1.54 bits per heavy atom. The second-order valence-electron chi connectivity index (χ2n) is 5.52. The van der Waals surface area contributed by atoms with Crippen LogP contribution in [-0.2, 0) is 10.8 Å². The van der Waals surface area contributed by atoms with Crippen molar-refractivity contribution >= 4 is 10.8 Å². The van der Waals surface area contributed by atoms with E-state index in [-0.39, 0.29) is 5.89 Å². The first kappa shape index (κ1) is 16.3. The van der Waals surface area contributed by atoms with Gasteiger partial charge in [-0.3, -0.25) is 9.19 Å². The van der Waals surface area contributed by atoms with Crippen LogP contribution in [-0.4, -0.2) is 30.6 Å². The van der Waals surface area contributed by atoms with E-state index in [1.54, 1.807) is 18.6 Å². The maximum Gasteiger partial charge on any atom is 0.268 e. The summed E-state index contributed by atoms with van der Waals surface area (Å²) in [4.78, 5) is 9.50. The van der Waals surface area contributed by atoms with E-state index in [4.69, 9.17) is 4.42 Å². The van der Waals surface area contributed by atoms with Gasteiger partial charge in [0.05, 0.1) is 28.9 Å². The fourth-order valence-corrected chi connectivity index (χ4v) is 3.30. The third-order valence-electron chi connectivity index (χ3n) is 3.77. The minimum Gasteiger partial charge on any atom is -0.415 e. The molecule has 0 bridgehead atoms. The summed E-state index contributed by atoms with van der Waals surface area (Å²) in [6.45, 7) is 0. The molecule has 4 rings (SSSR count). The Hall–Kier alpha value is -3.19. The van der Waals surface area contributed by atoms with E-state index >= 15 is 0 Å². The van der Waals surface area contributed by atoms with Crippen molar-refractivity contribution in [3.8, 4) is 34.3 Å². The first-order chi connectivity index (χ1) is 12.7. The van der Waals surface area contributed by atoms with Crippen LogP contribution in [0.5, 0.6) is 0 Å². The molecule has 0 amide bonds. The Labute approximate surface area is 152 Å². The smallest absolute Gasteiger partial charge is 0.268 e. The minimum absolute atomic E-state index is 0.285. The molecule has 0 aliphatic rings. The molecule has 0 spiro atoms. The van der Waals surface area contributed by atoms with Gasteiger partial charge in [-0.25, -0.2) is 4.98 Å². The lowest BCUT2D eigenvalue weighted by Crippen LogP contribution is -1.96. The molecule has 7 heteroatoms. The summed E-state index contributed by atoms with van der Waals surface area (Å²) in [6.07, 6.45) is 4.83. The Morgan fingerprint density at radius 1 is 0.846 bits per heavy atom. The van der Waals surface area contributed by atoms with Gasteiger partial charge in [-0.05, 0) is 18.2 Å². The molecular formula is C19H14N4O2S. The Bertz CT molecular complexity index is 1080. The Morgan fingerprint density at radius 3 is 2.35 bits per heavy atom. The van der Waals surface area contributed by atoms with Crippen molar-refractivity contribution < 1.29 is 8.63 Å². The molecule has 2 heterocycles. The number of rotatable bonds is 4. The molecule has 0 saturated heterocycles. The standard InChI is InChI=1S/C19H14N4O2S/c1-26(24)17-10-6-5-9-14(17)15-11-20-12-16(21-15)19-23-22-18(25-19)13-7-3-2-4-8-13/h2-12H,1H3. The van der Waals surface area contributed by atoms with Crippen LogP contribution in [0.2, 0.25) is 0 Å². The van der Waals surface area contributed by atoms with E-state index in [0.29, 0.717) is 22.2 Å². The predicted octanol–water partition coefficient (Wildman–Crippen LogP) is 3.60. The van der Waals surface area contributed by atoms with E-state index in [2.05, 4.69) is 20.2 Å². The van der Waals surface area contributed by atoms with Crippen molar-refractivity contribution in [1.29, 1.82) is 0 Å². The van der Waals surface area contributed by atoms with Crippen molar-refractivity contribution in [3.05, 3.63) is 67.0 Å². The molecule has 0 aliphatic heterocycles. The summed E-state index contributed by atoms with van der Waals surface area (Å²) in [5, 5.41) is 8.15. The number of nitrogens with zero attached hydrogens (tertiary/aromatic N) is 4. The average molecular weight is 362 g/mol. The highest BCUT2D eigenvalue weighted by atomic mass is 32.2. The summed E-state index contributed by atoms with van der Waals surface area (Å²) in [7, 11) is -1.13. The third kappa shape index (κ3) is 3.16. The van der Waals surface area contributed by atoms with E-state index in [1.807, 2.05) is 54.6 Å². The quantitative estimate of drug-likeness (QED) is 0.552. The number of aromatic nitrogens is 4. The number of hydrogen-bond acceptors (Lipinski definition) is 6. The summed E-state index contributed by atoms with van der Waals surface area (Å²) < 4.78 is 17.7. The maximum atomic E-state index is 12.0. The Balaban J connectivity index is 1.74. The van der Waals surface area contributed by atoms with Gasteiger partial charge in [0, 0.05) is 22.3 Å². The molecule has 4 aromatic rings. The third-order valence-corrected chi connectivity index (χ3v) is 4.75. The van der Waals surface area contributed by atoms with Crippen LogP contribution >= 0.6 is 0 Å². The lowest BCUT2D eigenvalue weighted by atomic mass is 10.1. The van der Waals surface area contributed by atoms with Crippen LogP contribution in [0.15, 0.2) is 76.3 Å². The first-order valence-corrected chi connectivity index (χ1v) is 9.42. The number of benzene rings is 2. The van der Waals surface area contributed by atoms with Crippen LogP contribution < -0.4 is 0 Å². The van der Waals surface area contributed by atoms with Gasteiger partial charge in [0.2, 0.25) is 5.89 Å². The zero-order chi connectivity index (χ0) is 17.9. The van der Waals surface area contributed by atoms with Crippen LogP contribution in [0, 0.1) is 0 Å². The van der Waals surface area contributed by atoms with Gasteiger partial charge in [0.15, 0.2) is 0 Å². The van der Waals surface area contributed by atoms with Crippen LogP contribution in [0.4, 0.5) is 0 Å². The first-order valence-electron chi connectivity index (χ1n) is 7.86. The molecule has 1 atom stereocenters. The monoisotopic (exact) mass is 362 g/mol. The molecule has 0 aliphatic carbocycles. The van der Waals surface area contributed by atoms with Crippen LogP contribution in [0.25, 0.3) is 34.3 Å². The molecule has 2 aromatic heterocycles. The highest BCUT2D eigenvalue weighted by molar-refractivity contribution is 7.84. The molecule has 0 N–H and O–H groups in total. The normalized spacial score (nSPS) is 12.0. The van der Waals surface area contributed by atoms with Crippen molar-refractivity contribution in [2.24, 2.45) is 0 Å². The van der Waals surface area contributed by atoms with E-state index < -0.39 is 10.8 Å². The van der Waals surface area contributed by atoms with E-state index in [9.17, 15) is 4.21 Å². The van der Waals surface area contributed by atoms with Crippen LogP contribution in [0.1, 0.15) is 0 Å². The van der Waals surface area contributed by atoms with Gasteiger partial charge >= 0.3 is 0 Å². The van der Waals surface area contributed by atoms with Gasteiger partial charge in [0.25, 0.3) is 5.89 Å². The number of hydrogen-bond donors (Lipinski definition) is 0. The fraction of sp³-hybridized carbons (Fsp3) is 0.0526. The summed E-state index contributed by atoms with van der Waals surface area (Å²) >= 11 is 0. The summed E-state index contributed by atoms with van der Waals surface area (Å²) in [5.41, 5.74) is 2.68. The molecule has 0 fully saturated rings. The average Bonchev–Trinajstić information content (AvgIpc) is 3.19. The van der Waals surface area contributed by atoms with E-state index in [0.717, 1.165) is 11.1 Å². The van der Waals surface area contributed by atoms with E-state index in [1.165, 1.54) is 0 Å². The van der Waals surface area contributed by atoms with Crippen molar-refractivity contribution in [3.63, 3.8) is 0 Å². The largest absolute Gasteiger partial charge is 0.415 e. The lowest BCUT2D eigenvalue weighted by molar-refractivity contribution is 0.582. The molecule has 26 heavy (non-hydrogen) atoms. The van der Waals surface area contributed by atoms with Gasteiger partial charge in [0.1, 0.15) is 5.69 Å². The highest BCUT2D eigenvalue weighted by Gasteiger charge is 2.15. The lowest BCUT2D eigenvalue weighted by Gasteiger charge is -2.06. The van der Waals surface area contributed by atoms with Gasteiger partial charge in [-0.15, -0.1) is 10.2 Å². The van der Waals surface area contributed by atoms with Gasteiger partial charge < -0.3 is 4.42 Å². The Kier molecular flexibility index (Phi) is 4.37. The summed E-state index contributed by atoms with van der Waals surface area (Å²) in [5.74, 6) is 0.705. The maximum absolute atomic E-state index is 12.0. The molecule has 0 saturated carbocycles. The SMILES string of the molecule is CS(=O)c1ccccc1-c1cncc(-c2nnc(-c3ccccc3)o2)n1. The minimum atomic E-state index is -1.13. The molecule has 1 unspecified atom stereocenters. The highest BCUT2D eigenvalue weighted by Crippen LogP contribution is 2.27. The molecule has 2 aromatic carbocycles. The molecular weight excluding hydrogens is 348 g/mol. The zero-order valence-corrected chi connectivity index (χ0v) is 14.7. The zero-order valence-electron chi connectivity index (χ0n) is 13.9. The van der Waals surface area contributed by atoms with Crippen LogP contribution in [0.3, 0.4) is 0 Å². The van der Waals surface area contributed by atoms with Crippen molar-refractivity contribution in [2.75, 3.05) is 6.26 Å². The molecule has 0 radical (unpaired) electrons. The second-order valence-corrected chi connectivity index (χ2v) is 6.87. The van der Waals surface area contributed by atoms with Crippen molar-refractivity contribution in [1.82, 2.24) is 20.2 Å². The molecule has 6 nitrogen and oxygen atoms in total. The predicted molar refractivity (Wildman–Crippen MR) is 98.5 cm³/mol. The van der Waals surface area contributed by atoms with Crippen molar-refractivity contribution in [2.45, 2.75) is 4.90 Å². The topological polar surface area (TPSA) is 81.8 Å². The van der Waals surface area contributed by atoms with Gasteiger partial charge in [-0.1, -0.05) is 36.4 Å². The summed E-state index contributed by atoms with van der Waals surface area (Å²) in [6, 6.07) is 16.9. The molecule has 128 valence electrons. The second kappa shape index (κ2) is 6.97.